The van der Waals surface area contributed by atoms with Crippen molar-refractivity contribution in [1.82, 2.24) is 15.3 Å². The Hall–Kier alpha value is -2.12. The van der Waals surface area contributed by atoms with Crippen LogP contribution in [0.15, 0.2) is 35.1 Å². The SMILES string of the molecule is CC(NC(=O)CSCc1nc2sc3c(c2c(=O)[nH]1)CCC3)c1ccccc1. The molecule has 0 fully saturated rings. The molecular weight excluding hydrogens is 378 g/mol. The smallest absolute Gasteiger partial charge is 0.259 e. The van der Waals surface area contributed by atoms with E-state index in [1.165, 1.54) is 22.2 Å². The van der Waals surface area contributed by atoms with E-state index in [0.717, 1.165) is 35.0 Å². The summed E-state index contributed by atoms with van der Waals surface area (Å²) in [6.07, 6.45) is 3.16. The number of rotatable bonds is 6. The van der Waals surface area contributed by atoms with Gasteiger partial charge in [0.05, 0.1) is 22.9 Å². The van der Waals surface area contributed by atoms with E-state index in [4.69, 9.17) is 0 Å². The van der Waals surface area contributed by atoms with E-state index in [1.54, 1.807) is 11.3 Å². The fourth-order valence-electron chi connectivity index (χ4n) is 3.46. The van der Waals surface area contributed by atoms with Crippen LogP contribution in [0, 0.1) is 0 Å². The van der Waals surface area contributed by atoms with Crippen LogP contribution in [-0.4, -0.2) is 21.6 Å². The molecule has 0 saturated carbocycles. The van der Waals surface area contributed by atoms with Crippen molar-refractivity contribution in [1.29, 1.82) is 0 Å². The second-order valence-corrected chi connectivity index (χ2v) is 8.81. The van der Waals surface area contributed by atoms with Gasteiger partial charge in [-0.3, -0.25) is 9.59 Å². The fourth-order valence-corrected chi connectivity index (χ4v) is 5.45. The first-order valence-electron chi connectivity index (χ1n) is 9.07. The number of carbonyl (C=O) groups is 1. The van der Waals surface area contributed by atoms with E-state index in [1.807, 2.05) is 37.3 Å². The largest absolute Gasteiger partial charge is 0.349 e. The van der Waals surface area contributed by atoms with Crippen molar-refractivity contribution in [3.05, 3.63) is 62.5 Å². The Balaban J connectivity index is 1.35. The van der Waals surface area contributed by atoms with E-state index < -0.39 is 0 Å². The van der Waals surface area contributed by atoms with Crippen LogP contribution in [0.2, 0.25) is 0 Å². The summed E-state index contributed by atoms with van der Waals surface area (Å²) in [4.78, 5) is 34.3. The molecule has 0 bridgehead atoms. The number of hydrogen-bond acceptors (Lipinski definition) is 5. The quantitative estimate of drug-likeness (QED) is 0.664. The molecule has 27 heavy (non-hydrogen) atoms. The van der Waals surface area contributed by atoms with Gasteiger partial charge in [-0.05, 0) is 37.3 Å². The molecule has 2 heterocycles. The van der Waals surface area contributed by atoms with Crippen molar-refractivity contribution < 1.29 is 4.79 Å². The molecule has 1 amide bonds. The minimum atomic E-state index is -0.0443. The Bertz CT molecular complexity index is 1030. The lowest BCUT2D eigenvalue weighted by molar-refractivity contribution is -0.119. The molecule has 2 aromatic heterocycles. The number of thiophene rings is 1. The zero-order chi connectivity index (χ0) is 18.8. The summed E-state index contributed by atoms with van der Waals surface area (Å²) in [6, 6.07) is 9.86. The standard InChI is InChI=1S/C20H21N3O2S2/c1-12(13-6-3-2-4-7-13)21-17(24)11-26-10-16-22-19(25)18-14-8-5-9-15(14)27-20(18)23-16/h2-4,6-7,12H,5,8-11H2,1H3,(H,21,24)(H,22,23,25). The fraction of sp³-hybridized carbons (Fsp3) is 0.350. The van der Waals surface area contributed by atoms with E-state index in [9.17, 15) is 9.59 Å². The molecule has 7 heteroatoms. The third-order valence-corrected chi connectivity index (χ3v) is 6.90. The molecule has 0 spiro atoms. The zero-order valence-electron chi connectivity index (χ0n) is 15.1. The number of fused-ring (bicyclic) bond motifs is 3. The van der Waals surface area contributed by atoms with Crippen molar-refractivity contribution in [3.8, 4) is 0 Å². The van der Waals surface area contributed by atoms with Crippen LogP contribution >= 0.6 is 23.1 Å². The van der Waals surface area contributed by atoms with Crippen molar-refractivity contribution in [3.63, 3.8) is 0 Å². The summed E-state index contributed by atoms with van der Waals surface area (Å²) < 4.78 is 0. The molecule has 1 unspecified atom stereocenters. The lowest BCUT2D eigenvalue weighted by Gasteiger charge is -2.14. The Morgan fingerprint density at radius 3 is 2.96 bits per heavy atom. The van der Waals surface area contributed by atoms with Gasteiger partial charge in [-0.25, -0.2) is 4.98 Å². The third kappa shape index (κ3) is 3.94. The van der Waals surface area contributed by atoms with Gasteiger partial charge in [0.2, 0.25) is 5.91 Å². The highest BCUT2D eigenvalue weighted by Gasteiger charge is 2.21. The Morgan fingerprint density at radius 1 is 1.33 bits per heavy atom. The maximum absolute atomic E-state index is 12.4. The van der Waals surface area contributed by atoms with Crippen LogP contribution in [0.4, 0.5) is 0 Å². The van der Waals surface area contributed by atoms with Gasteiger partial charge < -0.3 is 10.3 Å². The average molecular weight is 400 g/mol. The molecule has 5 nitrogen and oxygen atoms in total. The average Bonchev–Trinajstić information content (AvgIpc) is 3.23. The van der Waals surface area contributed by atoms with Crippen LogP contribution < -0.4 is 10.9 Å². The minimum Gasteiger partial charge on any atom is -0.349 e. The van der Waals surface area contributed by atoms with Gasteiger partial charge in [0.1, 0.15) is 10.7 Å². The van der Waals surface area contributed by atoms with E-state index in [0.29, 0.717) is 17.3 Å². The Kier molecular flexibility index (Phi) is 5.31. The van der Waals surface area contributed by atoms with Gasteiger partial charge >= 0.3 is 0 Å². The van der Waals surface area contributed by atoms with E-state index >= 15 is 0 Å². The molecule has 0 aliphatic heterocycles. The first-order valence-corrected chi connectivity index (χ1v) is 11.0. The lowest BCUT2D eigenvalue weighted by Crippen LogP contribution is -2.28. The highest BCUT2D eigenvalue weighted by Crippen LogP contribution is 2.34. The second kappa shape index (κ2) is 7.86. The molecule has 3 aromatic rings. The van der Waals surface area contributed by atoms with Crippen LogP contribution in [0.5, 0.6) is 0 Å². The number of aromatic amines is 1. The Labute approximate surface area is 165 Å². The van der Waals surface area contributed by atoms with Gasteiger partial charge in [0.25, 0.3) is 5.56 Å². The molecule has 1 atom stereocenters. The number of nitrogens with zero attached hydrogens (tertiary/aromatic N) is 1. The van der Waals surface area contributed by atoms with E-state index in [2.05, 4.69) is 15.3 Å². The third-order valence-electron chi connectivity index (χ3n) is 4.77. The summed E-state index contributed by atoms with van der Waals surface area (Å²) >= 11 is 3.10. The summed E-state index contributed by atoms with van der Waals surface area (Å²) in [5.74, 6) is 1.47. The van der Waals surface area contributed by atoms with Gasteiger partial charge in [-0.15, -0.1) is 23.1 Å². The van der Waals surface area contributed by atoms with Gasteiger partial charge in [0.15, 0.2) is 0 Å². The molecule has 1 aromatic carbocycles. The maximum atomic E-state index is 12.4. The van der Waals surface area contributed by atoms with Crippen molar-refractivity contribution in [2.24, 2.45) is 0 Å². The number of aromatic nitrogens is 2. The summed E-state index contributed by atoms with van der Waals surface area (Å²) in [7, 11) is 0. The van der Waals surface area contributed by atoms with Crippen LogP contribution in [-0.2, 0) is 23.4 Å². The molecule has 0 radical (unpaired) electrons. The summed E-state index contributed by atoms with van der Waals surface area (Å²) in [5.41, 5.74) is 2.23. The molecule has 1 aliphatic carbocycles. The summed E-state index contributed by atoms with van der Waals surface area (Å²) in [5, 5.41) is 3.77. The number of carbonyl (C=O) groups excluding carboxylic acids is 1. The second-order valence-electron chi connectivity index (χ2n) is 6.74. The van der Waals surface area contributed by atoms with Crippen molar-refractivity contribution in [2.75, 3.05) is 5.75 Å². The van der Waals surface area contributed by atoms with E-state index in [-0.39, 0.29) is 17.5 Å². The molecule has 1 aliphatic rings. The number of aryl methyl sites for hydroxylation is 2. The van der Waals surface area contributed by atoms with Crippen molar-refractivity contribution >= 4 is 39.2 Å². The molecule has 140 valence electrons. The van der Waals surface area contributed by atoms with Gasteiger partial charge in [-0.2, -0.15) is 0 Å². The first kappa shape index (κ1) is 18.3. The lowest BCUT2D eigenvalue weighted by atomic mass is 10.1. The molecule has 2 N–H and O–H groups in total. The van der Waals surface area contributed by atoms with Gasteiger partial charge in [0, 0.05) is 4.88 Å². The molecule has 4 rings (SSSR count). The number of nitrogens with one attached hydrogen (secondary N) is 2. The monoisotopic (exact) mass is 399 g/mol. The zero-order valence-corrected chi connectivity index (χ0v) is 16.7. The van der Waals surface area contributed by atoms with Crippen LogP contribution in [0.1, 0.15) is 41.2 Å². The predicted octanol–water partition coefficient (Wildman–Crippen LogP) is 3.58. The van der Waals surface area contributed by atoms with Gasteiger partial charge in [-0.1, -0.05) is 30.3 Å². The van der Waals surface area contributed by atoms with Crippen LogP contribution in [0.25, 0.3) is 10.2 Å². The number of H-pyrrole nitrogens is 1. The number of benzene rings is 1. The maximum Gasteiger partial charge on any atom is 0.259 e. The first-order chi connectivity index (χ1) is 13.1. The Morgan fingerprint density at radius 2 is 2.15 bits per heavy atom. The highest BCUT2D eigenvalue weighted by molar-refractivity contribution is 7.99. The highest BCUT2D eigenvalue weighted by atomic mass is 32.2. The normalized spacial score (nSPS) is 14.3. The number of amides is 1. The molecular formula is C20H21N3O2S2. The predicted molar refractivity (Wildman–Crippen MR) is 111 cm³/mol. The topological polar surface area (TPSA) is 74.8 Å². The van der Waals surface area contributed by atoms with Crippen molar-refractivity contribution in [2.45, 2.75) is 38.0 Å². The number of thioether (sulfide) groups is 1. The molecule has 0 saturated heterocycles. The summed E-state index contributed by atoms with van der Waals surface area (Å²) in [6.45, 7) is 1.97. The number of hydrogen-bond donors (Lipinski definition) is 2. The van der Waals surface area contributed by atoms with Crippen LogP contribution in [0.3, 0.4) is 0 Å². The minimum absolute atomic E-state index is 0.0186.